The van der Waals surface area contributed by atoms with Crippen LogP contribution in [0.4, 0.5) is 21.9 Å². The molecule has 3 amide bonds. The normalized spacial score (nSPS) is 14.1. The SMILES string of the molecule is CCc1ccc(NC(=O)Nc2ccc(N(C)C)c(C(=O)NC3CCCCC3)c2)cc1. The van der Waals surface area contributed by atoms with Crippen LogP contribution in [0, 0.1) is 0 Å². The van der Waals surface area contributed by atoms with Crippen LogP contribution in [0.1, 0.15) is 54.9 Å². The molecule has 3 rings (SSSR count). The fraction of sp³-hybridized carbons (Fsp3) is 0.417. The molecule has 1 saturated carbocycles. The zero-order valence-corrected chi connectivity index (χ0v) is 18.1. The Kier molecular flexibility index (Phi) is 7.33. The minimum Gasteiger partial charge on any atom is -0.377 e. The van der Waals surface area contributed by atoms with Gasteiger partial charge >= 0.3 is 6.03 Å². The molecule has 2 aromatic rings. The zero-order valence-electron chi connectivity index (χ0n) is 18.1. The number of nitrogens with one attached hydrogen (secondary N) is 3. The number of nitrogens with zero attached hydrogens (tertiary/aromatic N) is 1. The Morgan fingerprint density at radius 2 is 1.57 bits per heavy atom. The van der Waals surface area contributed by atoms with Crippen molar-refractivity contribution in [2.45, 2.75) is 51.5 Å². The molecule has 2 aromatic carbocycles. The van der Waals surface area contributed by atoms with Crippen molar-refractivity contribution in [1.29, 1.82) is 0 Å². The molecule has 30 heavy (non-hydrogen) atoms. The number of aryl methyl sites for hydroxylation is 1. The van der Waals surface area contributed by atoms with E-state index < -0.39 is 0 Å². The van der Waals surface area contributed by atoms with Gasteiger partial charge in [-0.2, -0.15) is 0 Å². The van der Waals surface area contributed by atoms with Gasteiger partial charge in [-0.1, -0.05) is 38.3 Å². The molecule has 0 radical (unpaired) electrons. The summed E-state index contributed by atoms with van der Waals surface area (Å²) in [6.45, 7) is 2.09. The minimum atomic E-state index is -0.338. The van der Waals surface area contributed by atoms with Gasteiger partial charge in [-0.15, -0.1) is 0 Å². The van der Waals surface area contributed by atoms with E-state index in [4.69, 9.17) is 0 Å². The maximum absolute atomic E-state index is 13.0. The first-order chi connectivity index (χ1) is 14.5. The number of rotatable bonds is 6. The standard InChI is InChI=1S/C24H32N4O2/c1-4-17-10-12-19(13-11-17)26-24(30)27-20-14-15-22(28(2)3)21(16-20)23(29)25-18-8-6-5-7-9-18/h10-16,18H,4-9H2,1-3H3,(H,25,29)(H2,26,27,30). The second-order valence-corrected chi connectivity index (χ2v) is 8.06. The molecular weight excluding hydrogens is 376 g/mol. The van der Waals surface area contributed by atoms with E-state index in [0.717, 1.165) is 43.5 Å². The first-order valence-electron chi connectivity index (χ1n) is 10.8. The van der Waals surface area contributed by atoms with Crippen molar-refractivity contribution in [3.05, 3.63) is 53.6 Å². The van der Waals surface area contributed by atoms with Crippen molar-refractivity contribution in [3.63, 3.8) is 0 Å². The van der Waals surface area contributed by atoms with E-state index in [1.165, 1.54) is 12.0 Å². The van der Waals surface area contributed by atoms with Crippen LogP contribution in [0.3, 0.4) is 0 Å². The zero-order chi connectivity index (χ0) is 21.5. The highest BCUT2D eigenvalue weighted by molar-refractivity contribution is 6.04. The van der Waals surface area contributed by atoms with Gasteiger partial charge in [0.2, 0.25) is 0 Å². The molecule has 160 valence electrons. The molecule has 0 atom stereocenters. The van der Waals surface area contributed by atoms with Gasteiger partial charge in [0.05, 0.1) is 5.56 Å². The first-order valence-corrected chi connectivity index (χ1v) is 10.8. The lowest BCUT2D eigenvalue weighted by Crippen LogP contribution is -2.36. The summed E-state index contributed by atoms with van der Waals surface area (Å²) in [6, 6.07) is 13.1. The monoisotopic (exact) mass is 408 g/mol. The highest BCUT2D eigenvalue weighted by atomic mass is 16.2. The molecule has 3 N–H and O–H groups in total. The molecule has 0 bridgehead atoms. The Balaban J connectivity index is 1.70. The van der Waals surface area contributed by atoms with E-state index in [2.05, 4.69) is 22.9 Å². The molecule has 6 heteroatoms. The van der Waals surface area contributed by atoms with Crippen LogP contribution in [0.2, 0.25) is 0 Å². The van der Waals surface area contributed by atoms with E-state index in [1.807, 2.05) is 55.4 Å². The van der Waals surface area contributed by atoms with Crippen molar-refractivity contribution >= 4 is 29.0 Å². The van der Waals surface area contributed by atoms with Gasteiger partial charge in [0.1, 0.15) is 0 Å². The number of urea groups is 1. The van der Waals surface area contributed by atoms with Crippen molar-refractivity contribution < 1.29 is 9.59 Å². The van der Waals surface area contributed by atoms with Crippen molar-refractivity contribution in [2.24, 2.45) is 0 Å². The van der Waals surface area contributed by atoms with Gasteiger partial charge < -0.3 is 20.9 Å². The van der Waals surface area contributed by atoms with Crippen molar-refractivity contribution in [3.8, 4) is 0 Å². The summed E-state index contributed by atoms with van der Waals surface area (Å²) in [6.07, 6.45) is 6.57. The third kappa shape index (κ3) is 5.75. The molecule has 1 aliphatic rings. The predicted octanol–water partition coefficient (Wildman–Crippen LogP) is 5.02. The van der Waals surface area contributed by atoms with E-state index in [-0.39, 0.29) is 18.0 Å². The van der Waals surface area contributed by atoms with Crippen LogP contribution >= 0.6 is 0 Å². The van der Waals surface area contributed by atoms with Crippen LogP contribution in [-0.2, 0) is 6.42 Å². The summed E-state index contributed by atoms with van der Waals surface area (Å²) >= 11 is 0. The fourth-order valence-electron chi connectivity index (χ4n) is 3.81. The minimum absolute atomic E-state index is 0.0928. The number of carbonyl (C=O) groups is 2. The van der Waals surface area contributed by atoms with Crippen LogP contribution in [0.5, 0.6) is 0 Å². The van der Waals surface area contributed by atoms with Crippen LogP contribution in [0.15, 0.2) is 42.5 Å². The summed E-state index contributed by atoms with van der Waals surface area (Å²) in [5.41, 5.74) is 3.91. The lowest BCUT2D eigenvalue weighted by atomic mass is 9.95. The van der Waals surface area contributed by atoms with Crippen LogP contribution < -0.4 is 20.9 Å². The summed E-state index contributed by atoms with van der Waals surface area (Å²) in [7, 11) is 3.82. The molecule has 1 aliphatic carbocycles. The number of carbonyl (C=O) groups excluding carboxylic acids is 2. The Labute approximate surface area is 179 Å². The molecule has 0 spiro atoms. The molecule has 1 fully saturated rings. The molecule has 0 unspecified atom stereocenters. The maximum atomic E-state index is 13.0. The maximum Gasteiger partial charge on any atom is 0.323 e. The fourth-order valence-corrected chi connectivity index (χ4v) is 3.81. The van der Waals surface area contributed by atoms with Gasteiger partial charge in [0.25, 0.3) is 5.91 Å². The highest BCUT2D eigenvalue weighted by Crippen LogP contribution is 2.25. The van der Waals surface area contributed by atoms with Crippen LogP contribution in [0.25, 0.3) is 0 Å². The van der Waals surface area contributed by atoms with Gasteiger partial charge in [-0.05, 0) is 55.2 Å². The summed E-state index contributed by atoms with van der Waals surface area (Å²) in [5, 5.41) is 8.84. The van der Waals surface area contributed by atoms with Gasteiger partial charge in [-0.25, -0.2) is 4.79 Å². The topological polar surface area (TPSA) is 73.5 Å². The Hall–Kier alpha value is -3.02. The highest BCUT2D eigenvalue weighted by Gasteiger charge is 2.20. The quantitative estimate of drug-likeness (QED) is 0.628. The average molecular weight is 409 g/mol. The van der Waals surface area contributed by atoms with E-state index in [0.29, 0.717) is 11.3 Å². The van der Waals surface area contributed by atoms with Crippen molar-refractivity contribution in [1.82, 2.24) is 5.32 Å². The average Bonchev–Trinajstić information content (AvgIpc) is 2.74. The lowest BCUT2D eigenvalue weighted by Gasteiger charge is -2.24. The molecular formula is C24H32N4O2. The number of anilines is 3. The second kappa shape index (κ2) is 10.1. The second-order valence-electron chi connectivity index (χ2n) is 8.06. The summed E-state index contributed by atoms with van der Waals surface area (Å²) in [4.78, 5) is 27.3. The predicted molar refractivity (Wildman–Crippen MR) is 124 cm³/mol. The molecule has 0 heterocycles. The summed E-state index contributed by atoms with van der Waals surface area (Å²) < 4.78 is 0. The molecule has 0 aliphatic heterocycles. The molecule has 0 aromatic heterocycles. The number of hydrogen-bond donors (Lipinski definition) is 3. The number of benzene rings is 2. The lowest BCUT2D eigenvalue weighted by molar-refractivity contribution is 0.0928. The first kappa shape index (κ1) is 21.7. The van der Waals surface area contributed by atoms with Gasteiger partial charge in [0, 0.05) is 37.2 Å². The molecule has 6 nitrogen and oxygen atoms in total. The Bertz CT molecular complexity index is 871. The smallest absolute Gasteiger partial charge is 0.323 e. The summed E-state index contributed by atoms with van der Waals surface area (Å²) in [5.74, 6) is -0.0928. The third-order valence-electron chi connectivity index (χ3n) is 5.54. The van der Waals surface area contributed by atoms with E-state index in [1.54, 1.807) is 6.07 Å². The van der Waals surface area contributed by atoms with Crippen molar-refractivity contribution in [2.75, 3.05) is 29.6 Å². The Morgan fingerprint density at radius 1 is 0.933 bits per heavy atom. The number of amides is 3. The Morgan fingerprint density at radius 3 is 2.20 bits per heavy atom. The van der Waals surface area contributed by atoms with E-state index >= 15 is 0 Å². The van der Waals surface area contributed by atoms with E-state index in [9.17, 15) is 9.59 Å². The van der Waals surface area contributed by atoms with Gasteiger partial charge in [-0.3, -0.25) is 4.79 Å². The third-order valence-corrected chi connectivity index (χ3v) is 5.54. The largest absolute Gasteiger partial charge is 0.377 e. The van der Waals surface area contributed by atoms with Gasteiger partial charge in [0.15, 0.2) is 0 Å². The number of hydrogen-bond acceptors (Lipinski definition) is 3. The molecule has 0 saturated heterocycles. The van der Waals surface area contributed by atoms with Crippen LogP contribution in [-0.4, -0.2) is 32.1 Å².